The third kappa shape index (κ3) is 2.54. The molecule has 0 bridgehead atoms. The minimum Gasteiger partial charge on any atom is -0.444 e. The number of furan rings is 1. The maximum absolute atomic E-state index is 12.3. The molecule has 0 aliphatic carbocycles. The van der Waals surface area contributed by atoms with Crippen LogP contribution >= 0.6 is 15.9 Å². The molecule has 2 fully saturated rings. The second-order valence-electron chi connectivity index (χ2n) is 5.08. The van der Waals surface area contributed by atoms with Crippen LogP contribution in [0.25, 0.3) is 0 Å². The van der Waals surface area contributed by atoms with E-state index in [0.717, 1.165) is 19.4 Å². The quantitative estimate of drug-likeness (QED) is 0.889. The highest BCUT2D eigenvalue weighted by Gasteiger charge is 2.33. The fourth-order valence-corrected chi connectivity index (χ4v) is 3.12. The van der Waals surface area contributed by atoms with Crippen LogP contribution in [-0.4, -0.2) is 54.0 Å². The molecular weight excluding hydrogens is 326 g/mol. The lowest BCUT2D eigenvalue weighted by Crippen LogP contribution is -2.50. The van der Waals surface area contributed by atoms with Crippen LogP contribution in [0.1, 0.15) is 23.4 Å². The maximum atomic E-state index is 12.3. The molecule has 2 aliphatic rings. The predicted octanol–water partition coefficient (Wildman–Crippen LogP) is 1.67. The Hall–Kier alpha value is -1.50. The van der Waals surface area contributed by atoms with Gasteiger partial charge in [-0.1, -0.05) is 0 Å². The first-order valence-corrected chi connectivity index (χ1v) is 7.53. The average molecular weight is 342 g/mol. The summed E-state index contributed by atoms with van der Waals surface area (Å²) in [6.07, 6.45) is 1.85. The molecule has 6 nitrogen and oxygen atoms in total. The van der Waals surface area contributed by atoms with Crippen molar-refractivity contribution in [2.45, 2.75) is 18.9 Å². The van der Waals surface area contributed by atoms with Crippen LogP contribution < -0.4 is 5.32 Å². The highest BCUT2D eigenvalue weighted by Crippen LogP contribution is 2.21. The Morgan fingerprint density at radius 2 is 2.25 bits per heavy atom. The summed E-state index contributed by atoms with van der Waals surface area (Å²) in [6.45, 7) is 2.69. The van der Waals surface area contributed by atoms with Gasteiger partial charge >= 0.3 is 6.03 Å². The monoisotopic (exact) mass is 341 g/mol. The van der Waals surface area contributed by atoms with Crippen LogP contribution in [0.15, 0.2) is 21.2 Å². The van der Waals surface area contributed by atoms with Crippen molar-refractivity contribution in [2.75, 3.05) is 26.2 Å². The summed E-state index contributed by atoms with van der Waals surface area (Å²) in [5.41, 5.74) is 0. The number of amides is 3. The third-order valence-electron chi connectivity index (χ3n) is 3.80. The lowest BCUT2D eigenvalue weighted by atomic mass is 10.0. The Kier molecular flexibility index (Phi) is 3.69. The number of halogens is 1. The molecule has 3 amide bonds. The van der Waals surface area contributed by atoms with Crippen LogP contribution in [0.4, 0.5) is 4.79 Å². The number of hydrogen-bond acceptors (Lipinski definition) is 3. The van der Waals surface area contributed by atoms with Gasteiger partial charge in [0.1, 0.15) is 0 Å². The highest BCUT2D eigenvalue weighted by molar-refractivity contribution is 9.10. The molecule has 3 rings (SSSR count). The molecule has 1 N–H and O–H groups in total. The summed E-state index contributed by atoms with van der Waals surface area (Å²) in [5.74, 6) is 0.225. The van der Waals surface area contributed by atoms with E-state index in [2.05, 4.69) is 21.2 Å². The highest BCUT2D eigenvalue weighted by atomic mass is 79.9. The molecule has 3 heterocycles. The van der Waals surface area contributed by atoms with Gasteiger partial charge in [0.15, 0.2) is 10.4 Å². The number of likely N-dealkylation sites (tertiary alicyclic amines) is 1. The molecule has 0 radical (unpaired) electrons. The van der Waals surface area contributed by atoms with Crippen molar-refractivity contribution in [1.82, 2.24) is 15.1 Å². The van der Waals surface area contributed by atoms with E-state index in [1.165, 1.54) is 0 Å². The number of hydrogen-bond donors (Lipinski definition) is 1. The number of piperidine rings is 1. The van der Waals surface area contributed by atoms with E-state index in [1.807, 2.05) is 4.90 Å². The summed E-state index contributed by atoms with van der Waals surface area (Å²) in [6, 6.07) is 3.46. The van der Waals surface area contributed by atoms with E-state index in [9.17, 15) is 9.59 Å². The van der Waals surface area contributed by atoms with Gasteiger partial charge in [-0.15, -0.1) is 0 Å². The largest absolute Gasteiger partial charge is 0.444 e. The molecular formula is C13H16BrN3O3. The topological polar surface area (TPSA) is 65.8 Å². The van der Waals surface area contributed by atoms with E-state index >= 15 is 0 Å². The summed E-state index contributed by atoms with van der Waals surface area (Å²) in [5, 5.41) is 2.80. The van der Waals surface area contributed by atoms with Crippen LogP contribution in [0, 0.1) is 0 Å². The van der Waals surface area contributed by atoms with Gasteiger partial charge in [-0.25, -0.2) is 4.79 Å². The Bertz CT molecular complexity index is 531. The smallest absolute Gasteiger partial charge is 0.317 e. The first-order valence-electron chi connectivity index (χ1n) is 6.74. The molecule has 1 aromatic heterocycles. The van der Waals surface area contributed by atoms with Gasteiger partial charge < -0.3 is 19.5 Å². The predicted molar refractivity (Wildman–Crippen MR) is 75.4 cm³/mol. The maximum Gasteiger partial charge on any atom is 0.317 e. The number of nitrogens with one attached hydrogen (secondary N) is 1. The van der Waals surface area contributed by atoms with Crippen LogP contribution in [0.2, 0.25) is 0 Å². The van der Waals surface area contributed by atoms with Crippen LogP contribution in [-0.2, 0) is 0 Å². The average Bonchev–Trinajstić information content (AvgIpc) is 3.07. The molecule has 1 atom stereocenters. The molecule has 7 heteroatoms. The molecule has 0 unspecified atom stereocenters. The standard InChI is InChI=1S/C13H16BrN3O3/c14-11-4-3-10(20-11)12(18)16-6-1-2-9(8-16)17-7-5-15-13(17)19/h3-4,9H,1-2,5-8H2,(H,15,19)/t9-/m0/s1. The summed E-state index contributed by atoms with van der Waals surface area (Å²) >= 11 is 3.20. The molecule has 0 saturated carbocycles. The number of rotatable bonds is 2. The first kappa shape index (κ1) is 13.5. The van der Waals surface area contributed by atoms with E-state index in [0.29, 0.717) is 30.1 Å². The lowest BCUT2D eigenvalue weighted by molar-refractivity contribution is 0.0602. The van der Waals surface area contributed by atoms with Crippen molar-refractivity contribution in [3.05, 3.63) is 22.6 Å². The normalized spacial score (nSPS) is 23.1. The van der Waals surface area contributed by atoms with Crippen LogP contribution in [0.3, 0.4) is 0 Å². The summed E-state index contributed by atoms with van der Waals surface area (Å²) < 4.78 is 5.86. The third-order valence-corrected chi connectivity index (χ3v) is 4.22. The molecule has 108 valence electrons. The van der Waals surface area contributed by atoms with Crippen molar-refractivity contribution < 1.29 is 14.0 Å². The van der Waals surface area contributed by atoms with E-state index < -0.39 is 0 Å². The Balaban J connectivity index is 1.68. The van der Waals surface area contributed by atoms with Gasteiger partial charge in [-0.3, -0.25) is 4.79 Å². The fraction of sp³-hybridized carbons (Fsp3) is 0.538. The van der Waals surface area contributed by atoms with Gasteiger partial charge in [0, 0.05) is 26.2 Å². The molecule has 2 saturated heterocycles. The number of carbonyl (C=O) groups excluding carboxylic acids is 2. The molecule has 1 aromatic rings. The number of nitrogens with zero attached hydrogens (tertiary/aromatic N) is 2. The Morgan fingerprint density at radius 3 is 2.90 bits per heavy atom. The van der Waals surface area contributed by atoms with Crippen molar-refractivity contribution >= 4 is 27.9 Å². The van der Waals surface area contributed by atoms with Gasteiger partial charge in [0.2, 0.25) is 0 Å². The second-order valence-corrected chi connectivity index (χ2v) is 5.86. The van der Waals surface area contributed by atoms with Crippen molar-refractivity contribution in [3.8, 4) is 0 Å². The minimum atomic E-state index is -0.111. The second kappa shape index (κ2) is 5.47. The van der Waals surface area contributed by atoms with Crippen molar-refractivity contribution in [1.29, 1.82) is 0 Å². The molecule has 0 aromatic carbocycles. The van der Waals surface area contributed by atoms with Gasteiger partial charge in [0.05, 0.1) is 6.04 Å². The first-order chi connectivity index (χ1) is 9.65. The Morgan fingerprint density at radius 1 is 1.40 bits per heavy atom. The Labute approximate surface area is 125 Å². The van der Waals surface area contributed by atoms with Gasteiger partial charge in [-0.05, 0) is 40.9 Å². The van der Waals surface area contributed by atoms with E-state index in [-0.39, 0.29) is 18.0 Å². The summed E-state index contributed by atoms with van der Waals surface area (Å²) in [4.78, 5) is 27.7. The van der Waals surface area contributed by atoms with Crippen LogP contribution in [0.5, 0.6) is 0 Å². The molecule has 20 heavy (non-hydrogen) atoms. The SMILES string of the molecule is O=C(c1ccc(Br)o1)N1CCC[C@H](N2CCNC2=O)C1. The number of urea groups is 1. The number of carbonyl (C=O) groups is 2. The van der Waals surface area contributed by atoms with Gasteiger partial charge in [0.25, 0.3) is 5.91 Å². The van der Waals surface area contributed by atoms with E-state index in [4.69, 9.17) is 4.42 Å². The summed E-state index contributed by atoms with van der Waals surface area (Å²) in [7, 11) is 0. The zero-order valence-corrected chi connectivity index (χ0v) is 12.6. The zero-order chi connectivity index (χ0) is 14.1. The van der Waals surface area contributed by atoms with Crippen molar-refractivity contribution in [2.24, 2.45) is 0 Å². The lowest BCUT2D eigenvalue weighted by Gasteiger charge is -2.36. The molecule has 0 spiro atoms. The minimum absolute atomic E-state index is 0.0231. The fourth-order valence-electron chi connectivity index (χ4n) is 2.81. The molecule has 2 aliphatic heterocycles. The van der Waals surface area contributed by atoms with Crippen molar-refractivity contribution in [3.63, 3.8) is 0 Å². The zero-order valence-electron chi connectivity index (χ0n) is 11.0. The van der Waals surface area contributed by atoms with E-state index in [1.54, 1.807) is 17.0 Å². The van der Waals surface area contributed by atoms with Gasteiger partial charge in [-0.2, -0.15) is 0 Å².